The summed E-state index contributed by atoms with van der Waals surface area (Å²) in [4.78, 5) is 13.5. The molecule has 2 atom stereocenters. The van der Waals surface area contributed by atoms with E-state index in [1.54, 1.807) is 24.3 Å². The molecule has 0 spiro atoms. The van der Waals surface area contributed by atoms with Crippen molar-refractivity contribution < 1.29 is 18.7 Å². The summed E-state index contributed by atoms with van der Waals surface area (Å²) in [5.74, 6) is -1.30. The summed E-state index contributed by atoms with van der Waals surface area (Å²) in [5, 5.41) is 9.77. The van der Waals surface area contributed by atoms with Crippen LogP contribution in [0.25, 0.3) is 0 Å². The van der Waals surface area contributed by atoms with Crippen LogP contribution in [0.5, 0.6) is 0 Å². The van der Waals surface area contributed by atoms with Crippen LogP contribution >= 0.6 is 11.8 Å². The van der Waals surface area contributed by atoms with Crippen LogP contribution in [0.2, 0.25) is 0 Å². The van der Waals surface area contributed by atoms with E-state index in [2.05, 4.69) is 0 Å². The van der Waals surface area contributed by atoms with Crippen LogP contribution in [0.4, 0.5) is 8.78 Å². The topological polar surface area (TPSA) is 40.5 Å². The summed E-state index contributed by atoms with van der Waals surface area (Å²) in [6.07, 6.45) is -0.857. The predicted octanol–water partition coefficient (Wildman–Crippen LogP) is 3.27. The Bertz CT molecular complexity index is 711. The Morgan fingerprint density at radius 1 is 1.22 bits per heavy atom. The Morgan fingerprint density at radius 2 is 1.96 bits per heavy atom. The van der Waals surface area contributed by atoms with Gasteiger partial charge in [-0.2, -0.15) is 0 Å². The molecule has 120 valence electrons. The fourth-order valence-electron chi connectivity index (χ4n) is 2.58. The van der Waals surface area contributed by atoms with Gasteiger partial charge in [-0.05, 0) is 11.6 Å². The number of thioether (sulfide) groups is 1. The van der Waals surface area contributed by atoms with Gasteiger partial charge in [-0.25, -0.2) is 8.78 Å². The molecule has 3 rings (SSSR count). The molecule has 1 saturated heterocycles. The summed E-state index contributed by atoms with van der Waals surface area (Å²) in [7, 11) is 0. The average Bonchev–Trinajstić information content (AvgIpc) is 2.89. The first-order valence-electron chi connectivity index (χ1n) is 7.15. The van der Waals surface area contributed by atoms with Crippen molar-refractivity contribution in [1.29, 1.82) is 0 Å². The maximum Gasteiger partial charge on any atom is 0.233 e. The second-order valence-electron chi connectivity index (χ2n) is 5.30. The number of hydrogen-bond acceptors (Lipinski definition) is 3. The van der Waals surface area contributed by atoms with Crippen molar-refractivity contribution in [1.82, 2.24) is 4.90 Å². The van der Waals surface area contributed by atoms with Gasteiger partial charge in [0.2, 0.25) is 5.91 Å². The molecule has 3 nitrogen and oxygen atoms in total. The molecule has 0 aliphatic carbocycles. The van der Waals surface area contributed by atoms with Crippen LogP contribution in [0, 0.1) is 11.6 Å². The molecule has 23 heavy (non-hydrogen) atoms. The molecule has 1 heterocycles. The second-order valence-corrected chi connectivity index (χ2v) is 6.37. The molecular weight excluding hydrogens is 320 g/mol. The molecule has 0 unspecified atom stereocenters. The highest BCUT2D eigenvalue weighted by Crippen LogP contribution is 2.40. The third-order valence-corrected chi connectivity index (χ3v) is 4.99. The number of nitrogens with zero attached hydrogens (tertiary/aromatic N) is 1. The molecule has 1 N–H and O–H groups in total. The molecule has 0 saturated carbocycles. The van der Waals surface area contributed by atoms with Gasteiger partial charge in [0, 0.05) is 11.6 Å². The Balaban J connectivity index is 1.83. The monoisotopic (exact) mass is 335 g/mol. The minimum absolute atomic E-state index is 0.0668. The van der Waals surface area contributed by atoms with Gasteiger partial charge in [0.1, 0.15) is 17.0 Å². The van der Waals surface area contributed by atoms with Crippen molar-refractivity contribution in [3.05, 3.63) is 71.3 Å². The third-order valence-electron chi connectivity index (χ3n) is 3.75. The van der Waals surface area contributed by atoms with Gasteiger partial charge < -0.3 is 10.0 Å². The van der Waals surface area contributed by atoms with E-state index in [4.69, 9.17) is 0 Å². The fraction of sp³-hybridized carbons (Fsp3) is 0.235. The molecule has 6 heteroatoms. The first-order valence-corrected chi connectivity index (χ1v) is 8.20. The van der Waals surface area contributed by atoms with Gasteiger partial charge in [-0.1, -0.05) is 36.4 Å². The fourth-order valence-corrected chi connectivity index (χ4v) is 3.80. The van der Waals surface area contributed by atoms with E-state index in [9.17, 15) is 18.7 Å². The Morgan fingerprint density at radius 3 is 2.65 bits per heavy atom. The molecule has 0 bridgehead atoms. The summed E-state index contributed by atoms with van der Waals surface area (Å²) in [5.41, 5.74) is 0.943. The largest absolute Gasteiger partial charge is 0.387 e. The van der Waals surface area contributed by atoms with E-state index in [-0.39, 0.29) is 23.8 Å². The van der Waals surface area contributed by atoms with Crippen LogP contribution in [0.15, 0.2) is 48.5 Å². The van der Waals surface area contributed by atoms with Gasteiger partial charge >= 0.3 is 0 Å². The van der Waals surface area contributed by atoms with Crippen molar-refractivity contribution in [2.45, 2.75) is 11.5 Å². The second kappa shape index (κ2) is 6.68. The number of rotatable bonds is 4. The number of hydrogen-bond donors (Lipinski definition) is 1. The van der Waals surface area contributed by atoms with E-state index in [1.807, 2.05) is 6.07 Å². The first-order chi connectivity index (χ1) is 11.1. The van der Waals surface area contributed by atoms with Gasteiger partial charge in [0.25, 0.3) is 0 Å². The zero-order valence-corrected chi connectivity index (χ0v) is 13.0. The number of halogens is 2. The lowest BCUT2D eigenvalue weighted by molar-refractivity contribution is -0.129. The minimum Gasteiger partial charge on any atom is -0.387 e. The third kappa shape index (κ3) is 3.38. The smallest absolute Gasteiger partial charge is 0.233 e. The predicted molar refractivity (Wildman–Crippen MR) is 84.7 cm³/mol. The summed E-state index contributed by atoms with van der Waals surface area (Å²) in [6, 6.07) is 12.3. The highest BCUT2D eigenvalue weighted by molar-refractivity contribution is 8.00. The lowest BCUT2D eigenvalue weighted by Crippen LogP contribution is -2.32. The van der Waals surface area contributed by atoms with E-state index in [0.717, 1.165) is 6.07 Å². The maximum absolute atomic E-state index is 14.0. The standard InChI is InChI=1S/C17H15F2NO2S/c18-12-6-7-13(14(19)8-12)17-20(16(22)10-23-17)9-15(21)11-4-2-1-3-5-11/h1-8,15,17,21H,9-10H2/t15-,17+/m0/s1. The Hall–Kier alpha value is -1.92. The minimum atomic E-state index is -0.857. The summed E-state index contributed by atoms with van der Waals surface area (Å²) < 4.78 is 27.1. The quantitative estimate of drug-likeness (QED) is 0.932. The highest BCUT2D eigenvalue weighted by Gasteiger charge is 2.35. The molecule has 0 radical (unpaired) electrons. The molecule has 1 fully saturated rings. The van der Waals surface area contributed by atoms with Crippen molar-refractivity contribution in [2.24, 2.45) is 0 Å². The lowest BCUT2D eigenvalue weighted by atomic mass is 10.1. The van der Waals surface area contributed by atoms with Crippen LogP contribution < -0.4 is 0 Å². The number of carbonyl (C=O) groups is 1. The SMILES string of the molecule is O=C1CS[C@H](c2ccc(F)cc2F)N1C[C@H](O)c1ccccc1. The van der Waals surface area contributed by atoms with Crippen LogP contribution in [-0.4, -0.2) is 28.2 Å². The first kappa shape index (κ1) is 16.0. The summed E-state index contributed by atoms with van der Waals surface area (Å²) in [6.45, 7) is 0.0668. The number of carbonyl (C=O) groups excluding carboxylic acids is 1. The number of aliphatic hydroxyl groups excluding tert-OH is 1. The Kier molecular flexibility index (Phi) is 4.63. The average molecular weight is 335 g/mol. The molecule has 1 aliphatic rings. The van der Waals surface area contributed by atoms with Crippen LogP contribution in [0.3, 0.4) is 0 Å². The molecule has 2 aromatic rings. The highest BCUT2D eigenvalue weighted by atomic mass is 32.2. The number of amides is 1. The van der Waals surface area contributed by atoms with E-state index in [1.165, 1.54) is 28.8 Å². The number of benzene rings is 2. The van der Waals surface area contributed by atoms with Gasteiger partial charge in [0.05, 0.1) is 18.4 Å². The van der Waals surface area contributed by atoms with Crippen LogP contribution in [0.1, 0.15) is 22.6 Å². The summed E-state index contributed by atoms with van der Waals surface area (Å²) >= 11 is 1.27. The normalized spacial score (nSPS) is 19.2. The number of aliphatic hydroxyl groups is 1. The van der Waals surface area contributed by atoms with E-state index in [0.29, 0.717) is 5.56 Å². The Labute approximate surface area is 136 Å². The van der Waals surface area contributed by atoms with Gasteiger partial charge in [-0.3, -0.25) is 4.79 Å². The zero-order chi connectivity index (χ0) is 16.4. The van der Waals surface area contributed by atoms with Gasteiger partial charge in [-0.15, -0.1) is 11.8 Å². The van der Waals surface area contributed by atoms with Crippen molar-refractivity contribution >= 4 is 17.7 Å². The molecule has 2 aromatic carbocycles. The molecular formula is C17H15F2NO2S. The number of β-amino-alcohol motifs (C(OH)–C–C–N with tert-alkyl or cyclic N) is 1. The van der Waals surface area contributed by atoms with E-state index >= 15 is 0 Å². The van der Waals surface area contributed by atoms with E-state index < -0.39 is 23.1 Å². The molecule has 0 aromatic heterocycles. The van der Waals surface area contributed by atoms with Crippen LogP contribution in [-0.2, 0) is 4.79 Å². The lowest BCUT2D eigenvalue weighted by Gasteiger charge is -2.27. The van der Waals surface area contributed by atoms with Gasteiger partial charge in [0.15, 0.2) is 0 Å². The van der Waals surface area contributed by atoms with Crippen molar-refractivity contribution in [2.75, 3.05) is 12.3 Å². The van der Waals surface area contributed by atoms with Crippen molar-refractivity contribution in [3.63, 3.8) is 0 Å². The maximum atomic E-state index is 14.0. The molecule has 1 aliphatic heterocycles. The molecule has 1 amide bonds. The van der Waals surface area contributed by atoms with Crippen molar-refractivity contribution in [3.8, 4) is 0 Å². The zero-order valence-electron chi connectivity index (χ0n) is 12.2.